The van der Waals surface area contributed by atoms with Gasteiger partial charge in [-0.2, -0.15) is 0 Å². The summed E-state index contributed by atoms with van der Waals surface area (Å²) in [6.45, 7) is 7.42. The zero-order valence-corrected chi connectivity index (χ0v) is 14.8. The average molecular weight is 341 g/mol. The standard InChI is InChI=1S/C18H23N5O2/c1-4-5-10-22-16-14(17(24)21-18(22)25)23(11-12(2)3)15(20-16)13-6-8-19-9-7-13/h6-9,12H,4-5,10-11H2,1-3H3,(H,21,24,25). The molecule has 0 aromatic carbocycles. The molecule has 7 heteroatoms. The first-order valence-corrected chi connectivity index (χ1v) is 8.66. The molecule has 0 aliphatic heterocycles. The van der Waals surface area contributed by atoms with Gasteiger partial charge in [-0.15, -0.1) is 0 Å². The Hall–Kier alpha value is -2.70. The molecule has 0 bridgehead atoms. The van der Waals surface area contributed by atoms with Crippen molar-refractivity contribution in [3.8, 4) is 11.4 Å². The molecule has 1 N–H and O–H groups in total. The van der Waals surface area contributed by atoms with Gasteiger partial charge < -0.3 is 4.57 Å². The number of rotatable bonds is 6. The molecule has 0 saturated carbocycles. The Bertz CT molecular complexity index is 982. The van der Waals surface area contributed by atoms with Crippen molar-refractivity contribution in [1.29, 1.82) is 0 Å². The first kappa shape index (κ1) is 17.1. The van der Waals surface area contributed by atoms with Crippen molar-refractivity contribution in [3.63, 3.8) is 0 Å². The molecule has 7 nitrogen and oxygen atoms in total. The molecule has 0 fully saturated rings. The van der Waals surface area contributed by atoms with Crippen LogP contribution in [0.25, 0.3) is 22.6 Å². The van der Waals surface area contributed by atoms with Crippen LogP contribution in [0.4, 0.5) is 0 Å². The molecule has 132 valence electrons. The second-order valence-corrected chi connectivity index (χ2v) is 6.61. The van der Waals surface area contributed by atoms with E-state index < -0.39 is 5.69 Å². The number of aromatic nitrogens is 5. The molecule has 3 heterocycles. The lowest BCUT2D eigenvalue weighted by Crippen LogP contribution is -2.31. The number of imidazole rings is 1. The molecule has 0 saturated heterocycles. The Morgan fingerprint density at radius 1 is 1.16 bits per heavy atom. The van der Waals surface area contributed by atoms with Crippen LogP contribution in [0.15, 0.2) is 34.1 Å². The Morgan fingerprint density at radius 3 is 2.52 bits per heavy atom. The number of aryl methyl sites for hydroxylation is 1. The van der Waals surface area contributed by atoms with Crippen molar-refractivity contribution in [2.75, 3.05) is 0 Å². The lowest BCUT2D eigenvalue weighted by Gasteiger charge is -2.11. The van der Waals surface area contributed by atoms with Gasteiger partial charge in [0.05, 0.1) is 0 Å². The summed E-state index contributed by atoms with van der Waals surface area (Å²) in [7, 11) is 0. The summed E-state index contributed by atoms with van der Waals surface area (Å²) < 4.78 is 3.48. The van der Waals surface area contributed by atoms with Crippen LogP contribution in [0.3, 0.4) is 0 Å². The van der Waals surface area contributed by atoms with Crippen LogP contribution in [0.5, 0.6) is 0 Å². The highest BCUT2D eigenvalue weighted by atomic mass is 16.2. The molecule has 3 rings (SSSR count). The maximum Gasteiger partial charge on any atom is 0.330 e. The Kier molecular flexibility index (Phi) is 4.83. The fraction of sp³-hybridized carbons (Fsp3) is 0.444. The van der Waals surface area contributed by atoms with Crippen LogP contribution >= 0.6 is 0 Å². The van der Waals surface area contributed by atoms with E-state index in [-0.39, 0.29) is 5.56 Å². The second-order valence-electron chi connectivity index (χ2n) is 6.61. The Labute approximate surface area is 145 Å². The summed E-state index contributed by atoms with van der Waals surface area (Å²) in [4.78, 5) is 36.0. The van der Waals surface area contributed by atoms with Crippen LogP contribution in [0, 0.1) is 5.92 Å². The van der Waals surface area contributed by atoms with E-state index in [0.717, 1.165) is 18.4 Å². The van der Waals surface area contributed by atoms with E-state index in [0.29, 0.717) is 36.0 Å². The number of hydrogen-bond acceptors (Lipinski definition) is 4. The van der Waals surface area contributed by atoms with Crippen LogP contribution in [0.1, 0.15) is 33.6 Å². The zero-order valence-electron chi connectivity index (χ0n) is 14.8. The fourth-order valence-electron chi connectivity index (χ4n) is 2.96. The number of pyridine rings is 1. The van der Waals surface area contributed by atoms with Crippen LogP contribution in [-0.4, -0.2) is 24.1 Å². The van der Waals surface area contributed by atoms with E-state index >= 15 is 0 Å². The van der Waals surface area contributed by atoms with E-state index in [4.69, 9.17) is 0 Å². The second kappa shape index (κ2) is 7.04. The van der Waals surface area contributed by atoms with E-state index in [9.17, 15) is 9.59 Å². The topological polar surface area (TPSA) is 85.6 Å². The SMILES string of the molecule is CCCCn1c(=O)[nH]c(=O)c2c1nc(-c1ccncc1)n2CC(C)C. The Balaban J connectivity index is 2.34. The molecule has 0 aliphatic carbocycles. The fourth-order valence-corrected chi connectivity index (χ4v) is 2.96. The minimum absolute atomic E-state index is 0.327. The highest BCUT2D eigenvalue weighted by molar-refractivity contribution is 5.76. The first-order chi connectivity index (χ1) is 12.0. The molecule has 0 unspecified atom stereocenters. The predicted molar refractivity (Wildman–Crippen MR) is 97.6 cm³/mol. The summed E-state index contributed by atoms with van der Waals surface area (Å²) in [5, 5.41) is 0. The quantitative estimate of drug-likeness (QED) is 0.746. The van der Waals surface area contributed by atoms with Gasteiger partial charge in [0.15, 0.2) is 11.2 Å². The maximum absolute atomic E-state index is 12.5. The number of hydrogen-bond donors (Lipinski definition) is 1. The number of nitrogens with zero attached hydrogens (tertiary/aromatic N) is 4. The molecule has 0 aliphatic rings. The molecule has 0 radical (unpaired) electrons. The summed E-state index contributed by atoms with van der Waals surface area (Å²) in [6.07, 6.45) is 5.20. The molecule has 3 aromatic rings. The molecule has 0 atom stereocenters. The minimum Gasteiger partial charge on any atom is -0.318 e. The normalized spacial score (nSPS) is 11.5. The lowest BCUT2D eigenvalue weighted by molar-refractivity contribution is 0.535. The minimum atomic E-state index is -0.401. The number of H-pyrrole nitrogens is 1. The summed E-state index contributed by atoms with van der Waals surface area (Å²) in [5.41, 5.74) is 0.995. The Morgan fingerprint density at radius 2 is 1.88 bits per heavy atom. The van der Waals surface area contributed by atoms with Crippen LogP contribution < -0.4 is 11.2 Å². The smallest absolute Gasteiger partial charge is 0.318 e. The van der Waals surface area contributed by atoms with Crippen molar-refractivity contribution in [2.45, 2.75) is 46.7 Å². The van der Waals surface area contributed by atoms with E-state index in [2.05, 4.69) is 35.7 Å². The van der Waals surface area contributed by atoms with Crippen LogP contribution in [-0.2, 0) is 13.1 Å². The van der Waals surface area contributed by atoms with Gasteiger partial charge in [-0.1, -0.05) is 27.2 Å². The highest BCUT2D eigenvalue weighted by Crippen LogP contribution is 2.23. The van der Waals surface area contributed by atoms with Gasteiger partial charge in [0.2, 0.25) is 0 Å². The predicted octanol–water partition coefficient (Wildman–Crippen LogP) is 2.40. The van der Waals surface area contributed by atoms with Crippen molar-refractivity contribution < 1.29 is 0 Å². The number of unbranched alkanes of at least 4 members (excludes halogenated alkanes) is 1. The number of nitrogens with one attached hydrogen (secondary N) is 1. The van der Waals surface area contributed by atoms with Crippen molar-refractivity contribution in [3.05, 3.63) is 45.4 Å². The van der Waals surface area contributed by atoms with Crippen molar-refractivity contribution in [1.82, 2.24) is 24.1 Å². The molecule has 0 amide bonds. The molecular weight excluding hydrogens is 318 g/mol. The van der Waals surface area contributed by atoms with E-state index in [1.807, 2.05) is 16.7 Å². The monoisotopic (exact) mass is 341 g/mol. The van der Waals surface area contributed by atoms with Crippen molar-refractivity contribution in [2.24, 2.45) is 5.92 Å². The van der Waals surface area contributed by atoms with E-state index in [1.54, 1.807) is 17.0 Å². The van der Waals surface area contributed by atoms with Gasteiger partial charge in [-0.3, -0.25) is 19.3 Å². The third-order valence-electron chi connectivity index (χ3n) is 4.11. The van der Waals surface area contributed by atoms with Gasteiger partial charge in [0.25, 0.3) is 5.56 Å². The van der Waals surface area contributed by atoms with Crippen LogP contribution in [0.2, 0.25) is 0 Å². The maximum atomic E-state index is 12.5. The molecule has 0 spiro atoms. The zero-order chi connectivity index (χ0) is 18.0. The van der Waals surface area contributed by atoms with E-state index in [1.165, 1.54) is 0 Å². The van der Waals surface area contributed by atoms with Gasteiger partial charge >= 0.3 is 5.69 Å². The molecular formula is C18H23N5O2. The third-order valence-corrected chi connectivity index (χ3v) is 4.11. The van der Waals surface area contributed by atoms with Gasteiger partial charge in [0, 0.05) is 31.0 Å². The van der Waals surface area contributed by atoms with Gasteiger partial charge in [0.1, 0.15) is 5.82 Å². The first-order valence-electron chi connectivity index (χ1n) is 8.66. The van der Waals surface area contributed by atoms with Gasteiger partial charge in [-0.25, -0.2) is 9.78 Å². The summed E-state index contributed by atoms with van der Waals surface area (Å²) in [6, 6.07) is 3.72. The summed E-state index contributed by atoms with van der Waals surface area (Å²) in [5.74, 6) is 1.01. The average Bonchev–Trinajstić information content (AvgIpc) is 2.94. The summed E-state index contributed by atoms with van der Waals surface area (Å²) >= 11 is 0. The number of aromatic amines is 1. The molecule has 3 aromatic heterocycles. The lowest BCUT2D eigenvalue weighted by atomic mass is 10.2. The van der Waals surface area contributed by atoms with Gasteiger partial charge in [-0.05, 0) is 24.5 Å². The van der Waals surface area contributed by atoms with Crippen molar-refractivity contribution >= 4 is 11.2 Å². The number of fused-ring (bicyclic) bond motifs is 1. The largest absolute Gasteiger partial charge is 0.330 e. The molecule has 25 heavy (non-hydrogen) atoms. The highest BCUT2D eigenvalue weighted by Gasteiger charge is 2.20. The third kappa shape index (κ3) is 3.26.